The van der Waals surface area contributed by atoms with Crippen molar-refractivity contribution < 1.29 is 0 Å². The maximum Gasteiger partial charge on any atom is 0.0444 e. The van der Waals surface area contributed by atoms with E-state index in [1.807, 2.05) is 40.0 Å². The van der Waals surface area contributed by atoms with Crippen LogP contribution in [0.15, 0.2) is 35.6 Å². The molecule has 0 aliphatic rings. The van der Waals surface area contributed by atoms with E-state index in [1.165, 1.54) is 0 Å². The largest absolute Gasteiger partial charge is 0.388 e. The molecule has 76 valence electrons. The summed E-state index contributed by atoms with van der Waals surface area (Å²) in [6.45, 7) is 9.91. The topological polar surface area (TPSA) is 12.0 Å². The van der Waals surface area contributed by atoms with Crippen molar-refractivity contribution in [3.8, 4) is 12.3 Å². The second-order valence-electron chi connectivity index (χ2n) is 3.25. The summed E-state index contributed by atoms with van der Waals surface area (Å²) in [6, 6.07) is 0. The number of rotatable bonds is 4. The highest BCUT2D eigenvalue weighted by Crippen LogP contribution is 2.21. The standard InChI is InChI=1S/C13H19N/c1-7-9-12(14-6)13(10(3)4)11(5)8-2/h2,7,9,11,14H,3H2,1,4-6H3/b9-7-,13-12+/t11-/m0/s1. The molecule has 0 aliphatic heterocycles. The maximum absolute atomic E-state index is 5.42. The highest BCUT2D eigenvalue weighted by Gasteiger charge is 2.10. The molecule has 0 aromatic heterocycles. The quantitative estimate of drug-likeness (QED) is 0.529. The predicted molar refractivity (Wildman–Crippen MR) is 63.7 cm³/mol. The molecule has 0 bridgehead atoms. The molecule has 0 unspecified atom stereocenters. The molecule has 0 heterocycles. The Morgan fingerprint density at radius 3 is 2.43 bits per heavy atom. The van der Waals surface area contributed by atoms with E-state index in [1.54, 1.807) is 0 Å². The van der Waals surface area contributed by atoms with Crippen LogP contribution in [0.3, 0.4) is 0 Å². The van der Waals surface area contributed by atoms with Crippen molar-refractivity contribution in [1.82, 2.24) is 5.32 Å². The van der Waals surface area contributed by atoms with Gasteiger partial charge in [-0.2, -0.15) is 0 Å². The first kappa shape index (κ1) is 12.6. The molecule has 1 atom stereocenters. The highest BCUT2D eigenvalue weighted by atomic mass is 14.8. The lowest BCUT2D eigenvalue weighted by Crippen LogP contribution is -2.11. The SMILES string of the molecule is C#C[C@H](C)/C(C(=C)C)=C(\C=C/C)NC. The molecule has 14 heavy (non-hydrogen) atoms. The number of hydrogen-bond donors (Lipinski definition) is 1. The van der Waals surface area contributed by atoms with Crippen molar-refractivity contribution in [2.24, 2.45) is 5.92 Å². The van der Waals surface area contributed by atoms with Crippen LogP contribution in [-0.4, -0.2) is 7.05 Å². The van der Waals surface area contributed by atoms with Crippen LogP contribution in [0.5, 0.6) is 0 Å². The number of allylic oxidation sites excluding steroid dienone is 4. The van der Waals surface area contributed by atoms with Crippen molar-refractivity contribution in [2.75, 3.05) is 7.05 Å². The van der Waals surface area contributed by atoms with E-state index >= 15 is 0 Å². The lowest BCUT2D eigenvalue weighted by Gasteiger charge is -2.15. The van der Waals surface area contributed by atoms with Crippen LogP contribution >= 0.6 is 0 Å². The van der Waals surface area contributed by atoms with E-state index in [0.29, 0.717) is 0 Å². The normalized spacial score (nSPS) is 14.5. The molecule has 0 aromatic rings. The van der Waals surface area contributed by atoms with Crippen LogP contribution in [0.25, 0.3) is 0 Å². The van der Waals surface area contributed by atoms with Crippen LogP contribution in [0.1, 0.15) is 20.8 Å². The Bertz CT molecular complexity index is 300. The molecule has 1 nitrogen and oxygen atoms in total. The van der Waals surface area contributed by atoms with Crippen molar-refractivity contribution in [3.63, 3.8) is 0 Å². The average molecular weight is 189 g/mol. The summed E-state index contributed by atoms with van der Waals surface area (Å²) in [4.78, 5) is 0. The summed E-state index contributed by atoms with van der Waals surface area (Å²) in [6.07, 6.45) is 9.42. The van der Waals surface area contributed by atoms with E-state index < -0.39 is 0 Å². The number of terminal acetylenes is 1. The molecule has 0 amide bonds. The number of likely N-dealkylation sites (N-methyl/N-ethyl adjacent to an activating group) is 1. The van der Waals surface area contributed by atoms with Crippen molar-refractivity contribution in [2.45, 2.75) is 20.8 Å². The van der Waals surface area contributed by atoms with E-state index in [0.717, 1.165) is 16.8 Å². The van der Waals surface area contributed by atoms with Crippen molar-refractivity contribution >= 4 is 0 Å². The molecule has 0 saturated heterocycles. The fraction of sp³-hybridized carbons (Fsp3) is 0.385. The molecule has 0 saturated carbocycles. The minimum absolute atomic E-state index is 0.0890. The van der Waals surface area contributed by atoms with E-state index in [-0.39, 0.29) is 5.92 Å². The minimum atomic E-state index is 0.0890. The first-order valence-corrected chi connectivity index (χ1v) is 4.75. The highest BCUT2D eigenvalue weighted by molar-refractivity contribution is 5.40. The summed E-state index contributed by atoms with van der Waals surface area (Å²) >= 11 is 0. The van der Waals surface area contributed by atoms with Crippen molar-refractivity contribution in [1.29, 1.82) is 0 Å². The molecular weight excluding hydrogens is 170 g/mol. The Morgan fingerprint density at radius 1 is 1.57 bits per heavy atom. The van der Waals surface area contributed by atoms with Gasteiger partial charge in [0, 0.05) is 18.7 Å². The molecule has 0 radical (unpaired) electrons. The minimum Gasteiger partial charge on any atom is -0.388 e. The zero-order valence-electron chi connectivity index (χ0n) is 9.52. The summed E-state index contributed by atoms with van der Waals surface area (Å²) < 4.78 is 0. The van der Waals surface area contributed by atoms with Gasteiger partial charge in [0.2, 0.25) is 0 Å². The second kappa shape index (κ2) is 6.10. The first-order chi connectivity index (χ1) is 6.58. The van der Waals surface area contributed by atoms with E-state index in [2.05, 4.69) is 17.8 Å². The van der Waals surface area contributed by atoms with Crippen LogP contribution in [0, 0.1) is 18.3 Å². The fourth-order valence-electron chi connectivity index (χ4n) is 1.39. The van der Waals surface area contributed by atoms with Gasteiger partial charge in [-0.15, -0.1) is 6.42 Å². The maximum atomic E-state index is 5.42. The Labute approximate surface area is 87.6 Å². The first-order valence-electron chi connectivity index (χ1n) is 4.75. The van der Waals surface area contributed by atoms with Gasteiger partial charge in [-0.3, -0.25) is 0 Å². The van der Waals surface area contributed by atoms with Gasteiger partial charge in [-0.25, -0.2) is 0 Å². The monoisotopic (exact) mass is 189 g/mol. The van der Waals surface area contributed by atoms with Gasteiger partial charge in [0.1, 0.15) is 0 Å². The van der Waals surface area contributed by atoms with Gasteiger partial charge < -0.3 is 5.32 Å². The van der Waals surface area contributed by atoms with Gasteiger partial charge in [-0.1, -0.05) is 24.1 Å². The number of nitrogens with one attached hydrogen (secondary N) is 1. The Morgan fingerprint density at radius 2 is 2.14 bits per heavy atom. The molecular formula is C13H19N. The summed E-state index contributed by atoms with van der Waals surface area (Å²) in [5.74, 6) is 2.82. The predicted octanol–water partition coefficient (Wildman–Crippen LogP) is 2.88. The summed E-state index contributed by atoms with van der Waals surface area (Å²) in [7, 11) is 1.89. The number of hydrogen-bond acceptors (Lipinski definition) is 1. The molecule has 0 aliphatic carbocycles. The van der Waals surface area contributed by atoms with Crippen LogP contribution in [0.4, 0.5) is 0 Å². The Kier molecular flexibility index (Phi) is 5.48. The average Bonchev–Trinajstić information content (AvgIpc) is 2.16. The molecule has 0 fully saturated rings. The summed E-state index contributed by atoms with van der Waals surface area (Å²) in [5.41, 5.74) is 3.16. The van der Waals surface area contributed by atoms with Gasteiger partial charge >= 0.3 is 0 Å². The van der Waals surface area contributed by atoms with Crippen LogP contribution < -0.4 is 5.32 Å². The summed E-state index contributed by atoms with van der Waals surface area (Å²) in [5, 5.41) is 3.14. The smallest absolute Gasteiger partial charge is 0.0444 e. The zero-order chi connectivity index (χ0) is 11.1. The van der Waals surface area contributed by atoms with Gasteiger partial charge in [-0.05, 0) is 32.4 Å². The van der Waals surface area contributed by atoms with E-state index in [9.17, 15) is 0 Å². The lowest BCUT2D eigenvalue weighted by atomic mass is 9.94. The third-order valence-electron chi connectivity index (χ3n) is 2.04. The van der Waals surface area contributed by atoms with Crippen LogP contribution in [-0.2, 0) is 0 Å². The third-order valence-corrected chi connectivity index (χ3v) is 2.04. The lowest BCUT2D eigenvalue weighted by molar-refractivity contribution is 0.859. The molecule has 0 spiro atoms. The zero-order valence-corrected chi connectivity index (χ0v) is 9.52. The fourth-order valence-corrected chi connectivity index (χ4v) is 1.39. The van der Waals surface area contributed by atoms with Crippen molar-refractivity contribution in [3.05, 3.63) is 35.6 Å². The second-order valence-corrected chi connectivity index (χ2v) is 3.25. The van der Waals surface area contributed by atoms with Gasteiger partial charge in [0.05, 0.1) is 0 Å². The molecule has 1 N–H and O–H groups in total. The van der Waals surface area contributed by atoms with Gasteiger partial charge in [0.15, 0.2) is 0 Å². The van der Waals surface area contributed by atoms with E-state index in [4.69, 9.17) is 6.42 Å². The molecule has 0 aromatic carbocycles. The van der Waals surface area contributed by atoms with Gasteiger partial charge in [0.25, 0.3) is 0 Å². The molecule has 0 rings (SSSR count). The Balaban J connectivity index is 5.33. The van der Waals surface area contributed by atoms with Crippen LogP contribution in [0.2, 0.25) is 0 Å². The molecule has 1 heteroatoms. The third kappa shape index (κ3) is 3.14. The Hall–Kier alpha value is -1.42.